The first-order valence-corrected chi connectivity index (χ1v) is 7.34. The minimum absolute atomic E-state index is 0.0433. The van der Waals surface area contributed by atoms with E-state index in [1.54, 1.807) is 12.1 Å². The molecular weight excluding hydrogens is 291 g/mol. The number of fused-ring (bicyclic) bond motifs is 1. The molecule has 3 rings (SSSR count). The quantitative estimate of drug-likeness (QED) is 0.938. The van der Waals surface area contributed by atoms with Crippen molar-refractivity contribution in [1.82, 2.24) is 0 Å². The highest BCUT2D eigenvalue weighted by Crippen LogP contribution is 2.29. The number of ether oxygens (including phenoxy) is 1. The van der Waals surface area contributed by atoms with E-state index in [0.29, 0.717) is 12.2 Å². The number of rotatable bonds is 3. The number of hydrogen-bond acceptors (Lipinski definition) is 2. The molecule has 1 heterocycles. The van der Waals surface area contributed by atoms with E-state index in [0.717, 1.165) is 17.7 Å². The molecule has 2 aromatic rings. The van der Waals surface area contributed by atoms with Gasteiger partial charge in [-0.05, 0) is 29.7 Å². The number of aliphatic hydroxyl groups excluding tert-OH is 1. The first-order chi connectivity index (χ1) is 10.1. The van der Waals surface area contributed by atoms with E-state index < -0.39 is 11.9 Å². The first kappa shape index (κ1) is 14.4. The van der Waals surface area contributed by atoms with Gasteiger partial charge in [-0.15, -0.1) is 0 Å². The van der Waals surface area contributed by atoms with Crippen LogP contribution in [0.3, 0.4) is 0 Å². The molecule has 0 fully saturated rings. The fourth-order valence-corrected chi connectivity index (χ4v) is 2.89. The van der Waals surface area contributed by atoms with Crippen molar-refractivity contribution in [2.24, 2.45) is 5.92 Å². The van der Waals surface area contributed by atoms with Gasteiger partial charge < -0.3 is 9.84 Å². The Balaban J connectivity index is 1.72. The SMILES string of the molecule is OC(Cc1cccc(Cl)c1F)C1COc2ccccc2C1. The Kier molecular flexibility index (Phi) is 4.13. The molecular formula is C17H16ClFO2. The van der Waals surface area contributed by atoms with Gasteiger partial charge in [0.25, 0.3) is 0 Å². The van der Waals surface area contributed by atoms with Gasteiger partial charge in [0.15, 0.2) is 0 Å². The highest BCUT2D eigenvalue weighted by molar-refractivity contribution is 6.30. The number of para-hydroxylation sites is 1. The van der Waals surface area contributed by atoms with Crippen molar-refractivity contribution in [2.45, 2.75) is 18.9 Å². The second-order valence-corrected chi connectivity index (χ2v) is 5.77. The van der Waals surface area contributed by atoms with Crippen LogP contribution in [-0.2, 0) is 12.8 Å². The molecule has 1 aliphatic heterocycles. The van der Waals surface area contributed by atoms with Crippen LogP contribution in [0.25, 0.3) is 0 Å². The van der Waals surface area contributed by atoms with Crippen LogP contribution >= 0.6 is 11.6 Å². The summed E-state index contributed by atoms with van der Waals surface area (Å²) in [7, 11) is 0. The van der Waals surface area contributed by atoms with Crippen molar-refractivity contribution in [3.05, 3.63) is 64.4 Å². The van der Waals surface area contributed by atoms with Crippen LogP contribution in [0.5, 0.6) is 5.75 Å². The zero-order valence-electron chi connectivity index (χ0n) is 11.4. The summed E-state index contributed by atoms with van der Waals surface area (Å²) in [6.45, 7) is 0.445. The van der Waals surface area contributed by atoms with E-state index in [9.17, 15) is 9.50 Å². The fraction of sp³-hybridized carbons (Fsp3) is 0.294. The lowest BCUT2D eigenvalue weighted by Crippen LogP contribution is -2.33. The molecule has 4 heteroatoms. The van der Waals surface area contributed by atoms with E-state index in [-0.39, 0.29) is 17.4 Å². The van der Waals surface area contributed by atoms with Gasteiger partial charge in [0.1, 0.15) is 11.6 Å². The number of aliphatic hydroxyl groups is 1. The largest absolute Gasteiger partial charge is 0.493 e. The van der Waals surface area contributed by atoms with Crippen LogP contribution < -0.4 is 4.74 Å². The molecule has 2 atom stereocenters. The molecule has 2 unspecified atom stereocenters. The average Bonchev–Trinajstić information content (AvgIpc) is 2.51. The third kappa shape index (κ3) is 3.04. The Bertz CT molecular complexity index is 644. The standard InChI is InChI=1S/C17H16ClFO2/c18-14-6-3-5-12(17(14)19)9-15(20)13-8-11-4-1-2-7-16(11)21-10-13/h1-7,13,15,20H,8-10H2. The third-order valence-corrected chi connectivity index (χ3v) is 4.20. The summed E-state index contributed by atoms with van der Waals surface area (Å²) < 4.78 is 19.6. The van der Waals surface area contributed by atoms with Crippen LogP contribution in [0.2, 0.25) is 5.02 Å². The van der Waals surface area contributed by atoms with E-state index in [4.69, 9.17) is 16.3 Å². The van der Waals surface area contributed by atoms with Gasteiger partial charge in [-0.2, -0.15) is 0 Å². The maximum atomic E-state index is 13.9. The van der Waals surface area contributed by atoms with Crippen molar-refractivity contribution in [3.8, 4) is 5.75 Å². The van der Waals surface area contributed by atoms with Gasteiger partial charge >= 0.3 is 0 Å². The van der Waals surface area contributed by atoms with Crippen LogP contribution in [0.15, 0.2) is 42.5 Å². The molecule has 21 heavy (non-hydrogen) atoms. The van der Waals surface area contributed by atoms with Crippen molar-refractivity contribution in [3.63, 3.8) is 0 Å². The molecule has 1 aliphatic rings. The molecule has 110 valence electrons. The Morgan fingerprint density at radius 3 is 2.90 bits per heavy atom. The summed E-state index contributed by atoms with van der Waals surface area (Å²) >= 11 is 5.77. The van der Waals surface area contributed by atoms with Crippen molar-refractivity contribution in [2.75, 3.05) is 6.61 Å². The topological polar surface area (TPSA) is 29.5 Å². The Hall–Kier alpha value is -1.58. The van der Waals surface area contributed by atoms with Gasteiger partial charge in [-0.3, -0.25) is 0 Å². The molecule has 0 aromatic heterocycles. The van der Waals surface area contributed by atoms with E-state index in [2.05, 4.69) is 0 Å². The highest BCUT2D eigenvalue weighted by atomic mass is 35.5. The minimum Gasteiger partial charge on any atom is -0.493 e. The lowest BCUT2D eigenvalue weighted by molar-refractivity contribution is 0.0646. The van der Waals surface area contributed by atoms with Crippen molar-refractivity contribution < 1.29 is 14.2 Å². The number of benzene rings is 2. The van der Waals surface area contributed by atoms with Crippen LogP contribution in [0.1, 0.15) is 11.1 Å². The molecule has 0 saturated heterocycles. The molecule has 2 nitrogen and oxygen atoms in total. The van der Waals surface area contributed by atoms with Crippen LogP contribution in [-0.4, -0.2) is 17.8 Å². The summed E-state index contributed by atoms with van der Waals surface area (Å²) in [5, 5.41) is 10.5. The van der Waals surface area contributed by atoms with Gasteiger partial charge in [-0.25, -0.2) is 4.39 Å². The van der Waals surface area contributed by atoms with E-state index in [1.165, 1.54) is 6.07 Å². The normalized spacial score (nSPS) is 18.7. The third-order valence-electron chi connectivity index (χ3n) is 3.91. The highest BCUT2D eigenvalue weighted by Gasteiger charge is 2.27. The fourth-order valence-electron chi connectivity index (χ4n) is 2.70. The molecule has 0 radical (unpaired) electrons. The molecule has 0 bridgehead atoms. The van der Waals surface area contributed by atoms with Gasteiger partial charge in [0.2, 0.25) is 0 Å². The Morgan fingerprint density at radius 2 is 2.05 bits per heavy atom. The lowest BCUT2D eigenvalue weighted by Gasteiger charge is -2.29. The van der Waals surface area contributed by atoms with E-state index in [1.807, 2.05) is 24.3 Å². The minimum atomic E-state index is -0.661. The molecule has 0 aliphatic carbocycles. The smallest absolute Gasteiger partial charge is 0.145 e. The van der Waals surface area contributed by atoms with Crippen LogP contribution in [0.4, 0.5) is 4.39 Å². The lowest BCUT2D eigenvalue weighted by atomic mass is 9.89. The van der Waals surface area contributed by atoms with Gasteiger partial charge in [0.05, 0.1) is 17.7 Å². The summed E-state index contributed by atoms with van der Waals surface area (Å²) in [6.07, 6.45) is 0.314. The van der Waals surface area contributed by atoms with Gasteiger partial charge in [-0.1, -0.05) is 41.9 Å². The summed E-state index contributed by atoms with van der Waals surface area (Å²) in [6, 6.07) is 12.7. The molecule has 0 spiro atoms. The molecule has 0 amide bonds. The average molecular weight is 307 g/mol. The molecule has 0 saturated carbocycles. The van der Waals surface area contributed by atoms with E-state index >= 15 is 0 Å². The second-order valence-electron chi connectivity index (χ2n) is 5.37. The summed E-state index contributed by atoms with van der Waals surface area (Å²) in [5.41, 5.74) is 1.52. The monoisotopic (exact) mass is 306 g/mol. The second kappa shape index (κ2) is 6.04. The summed E-state index contributed by atoms with van der Waals surface area (Å²) in [4.78, 5) is 0. The maximum Gasteiger partial charge on any atom is 0.145 e. The molecule has 1 N–H and O–H groups in total. The maximum absolute atomic E-state index is 13.9. The van der Waals surface area contributed by atoms with Gasteiger partial charge in [0, 0.05) is 12.3 Å². The van der Waals surface area contributed by atoms with Crippen LogP contribution in [0, 0.1) is 11.7 Å². The summed E-state index contributed by atoms with van der Waals surface area (Å²) in [5.74, 6) is 0.378. The zero-order valence-corrected chi connectivity index (χ0v) is 12.2. The first-order valence-electron chi connectivity index (χ1n) is 6.97. The Labute approximate surface area is 128 Å². The molecule has 2 aromatic carbocycles. The number of halogens is 2. The predicted molar refractivity (Wildman–Crippen MR) is 80.3 cm³/mol. The Morgan fingerprint density at radius 1 is 1.24 bits per heavy atom. The number of hydrogen-bond donors (Lipinski definition) is 1. The van der Waals surface area contributed by atoms with Crippen molar-refractivity contribution in [1.29, 1.82) is 0 Å². The predicted octanol–water partition coefficient (Wildman–Crippen LogP) is 3.63. The zero-order chi connectivity index (χ0) is 14.8. The van der Waals surface area contributed by atoms with Crippen molar-refractivity contribution >= 4 is 11.6 Å².